The van der Waals surface area contributed by atoms with Gasteiger partial charge in [0.05, 0.1) is 0 Å². The van der Waals surface area contributed by atoms with Crippen molar-refractivity contribution in [3.8, 4) is 0 Å². The molecule has 0 saturated carbocycles. The molecule has 0 N–H and O–H groups in total. The van der Waals surface area contributed by atoms with Crippen LogP contribution in [-0.2, 0) is 6.54 Å². The summed E-state index contributed by atoms with van der Waals surface area (Å²) in [6, 6.07) is 19.2. The fourth-order valence-corrected chi connectivity index (χ4v) is 2.49. The van der Waals surface area contributed by atoms with Gasteiger partial charge in [-0.05, 0) is 43.9 Å². The van der Waals surface area contributed by atoms with Crippen LogP contribution in [0, 0.1) is 0 Å². The van der Waals surface area contributed by atoms with Gasteiger partial charge in [-0.1, -0.05) is 55.9 Å². The van der Waals surface area contributed by atoms with E-state index in [9.17, 15) is 0 Å². The molecule has 0 fully saturated rings. The molecule has 19 heavy (non-hydrogen) atoms. The Morgan fingerprint density at radius 3 is 1.84 bits per heavy atom. The summed E-state index contributed by atoms with van der Waals surface area (Å²) in [6.07, 6.45) is 0. The Balaban J connectivity index is 0.000000861. The molecule has 0 heterocycles. The van der Waals surface area contributed by atoms with Crippen LogP contribution in [0.1, 0.15) is 19.4 Å². The number of benzene rings is 2. The van der Waals surface area contributed by atoms with Crippen LogP contribution in [0.2, 0.25) is 0 Å². The van der Waals surface area contributed by atoms with Crippen molar-refractivity contribution in [1.29, 1.82) is 0 Å². The smallest absolute Gasteiger partial charge is 0.0227 e. The van der Waals surface area contributed by atoms with Gasteiger partial charge in [0, 0.05) is 16.3 Å². The highest BCUT2D eigenvalue weighted by Gasteiger charge is 1.98. The zero-order valence-electron chi connectivity index (χ0n) is 12.3. The predicted octanol–water partition coefficient (Wildman–Crippen LogP) is 4.93. The van der Waals surface area contributed by atoms with Gasteiger partial charge in [0.25, 0.3) is 0 Å². The van der Waals surface area contributed by atoms with E-state index in [1.54, 1.807) is 11.8 Å². The summed E-state index contributed by atoms with van der Waals surface area (Å²) in [6.45, 7) is 5.00. The Hall–Kier alpha value is -1.25. The molecular weight excluding hydrogens is 250 g/mol. The molecular formula is C17H23NS. The number of rotatable bonds is 4. The van der Waals surface area contributed by atoms with E-state index in [2.05, 4.69) is 67.5 Å². The maximum absolute atomic E-state index is 2.20. The summed E-state index contributed by atoms with van der Waals surface area (Å²) in [5, 5.41) is 0. The predicted molar refractivity (Wildman–Crippen MR) is 85.7 cm³/mol. The van der Waals surface area contributed by atoms with Crippen molar-refractivity contribution in [2.75, 3.05) is 14.1 Å². The number of nitrogens with zero attached hydrogens (tertiary/aromatic N) is 1. The van der Waals surface area contributed by atoms with E-state index in [1.165, 1.54) is 15.4 Å². The van der Waals surface area contributed by atoms with Gasteiger partial charge in [-0.15, -0.1) is 0 Å². The van der Waals surface area contributed by atoms with Gasteiger partial charge in [0.2, 0.25) is 0 Å². The minimum atomic E-state index is 0.996. The second-order valence-electron chi connectivity index (χ2n) is 4.30. The lowest BCUT2D eigenvalue weighted by molar-refractivity contribution is 0.402. The van der Waals surface area contributed by atoms with Crippen molar-refractivity contribution in [3.05, 3.63) is 60.2 Å². The Labute approximate surface area is 121 Å². The Bertz CT molecular complexity index is 448. The summed E-state index contributed by atoms with van der Waals surface area (Å²) < 4.78 is 0. The lowest BCUT2D eigenvalue weighted by Gasteiger charge is -2.09. The first-order chi connectivity index (χ1) is 9.24. The first-order valence-electron chi connectivity index (χ1n) is 6.70. The van der Waals surface area contributed by atoms with Gasteiger partial charge in [0.15, 0.2) is 0 Å². The van der Waals surface area contributed by atoms with Crippen molar-refractivity contribution in [2.45, 2.75) is 30.2 Å². The molecule has 0 amide bonds. The molecule has 0 atom stereocenters. The lowest BCUT2D eigenvalue weighted by Crippen LogP contribution is -2.10. The number of hydrogen-bond acceptors (Lipinski definition) is 2. The third kappa shape index (κ3) is 5.95. The zero-order chi connectivity index (χ0) is 14.1. The van der Waals surface area contributed by atoms with E-state index in [4.69, 9.17) is 0 Å². The van der Waals surface area contributed by atoms with Gasteiger partial charge >= 0.3 is 0 Å². The van der Waals surface area contributed by atoms with Crippen LogP contribution in [0.15, 0.2) is 64.4 Å². The summed E-state index contributed by atoms with van der Waals surface area (Å²) in [4.78, 5) is 4.76. The van der Waals surface area contributed by atoms with Crippen molar-refractivity contribution in [3.63, 3.8) is 0 Å². The van der Waals surface area contributed by atoms with Crippen molar-refractivity contribution < 1.29 is 0 Å². The van der Waals surface area contributed by atoms with Crippen molar-refractivity contribution >= 4 is 11.8 Å². The molecule has 2 aromatic rings. The maximum Gasteiger partial charge on any atom is 0.0227 e. The summed E-state index contributed by atoms with van der Waals surface area (Å²) in [5.41, 5.74) is 1.35. The van der Waals surface area contributed by atoms with Crippen molar-refractivity contribution in [2.24, 2.45) is 0 Å². The Kier molecular flexibility index (Phi) is 7.31. The average Bonchev–Trinajstić information content (AvgIpc) is 2.44. The molecule has 2 heteroatoms. The highest BCUT2D eigenvalue weighted by molar-refractivity contribution is 7.99. The molecule has 102 valence electrons. The summed E-state index contributed by atoms with van der Waals surface area (Å²) in [7, 11) is 4.18. The first kappa shape index (κ1) is 15.8. The van der Waals surface area contributed by atoms with E-state index in [0.29, 0.717) is 0 Å². The summed E-state index contributed by atoms with van der Waals surface area (Å²) in [5.74, 6) is 0. The van der Waals surface area contributed by atoms with E-state index in [0.717, 1.165) is 6.54 Å². The zero-order valence-corrected chi connectivity index (χ0v) is 13.1. The topological polar surface area (TPSA) is 3.24 Å². The monoisotopic (exact) mass is 273 g/mol. The molecule has 2 aromatic carbocycles. The molecule has 0 aliphatic heterocycles. The highest BCUT2D eigenvalue weighted by atomic mass is 32.2. The molecule has 1 nitrogen and oxygen atoms in total. The fraction of sp³-hybridized carbons (Fsp3) is 0.294. The third-order valence-electron chi connectivity index (χ3n) is 2.40. The van der Waals surface area contributed by atoms with Crippen LogP contribution in [-0.4, -0.2) is 19.0 Å². The van der Waals surface area contributed by atoms with Crippen LogP contribution >= 0.6 is 11.8 Å². The average molecular weight is 273 g/mol. The summed E-state index contributed by atoms with van der Waals surface area (Å²) >= 11 is 1.80. The van der Waals surface area contributed by atoms with E-state index < -0.39 is 0 Å². The second kappa shape index (κ2) is 8.78. The standard InChI is InChI=1S/C15H17NS.C2H6/c1-16(2)12-13-8-10-15(11-9-13)17-14-6-4-3-5-7-14;1-2/h3-11H,12H2,1-2H3;1-2H3. The Morgan fingerprint density at radius 1 is 0.789 bits per heavy atom. The van der Waals surface area contributed by atoms with Crippen LogP contribution in [0.25, 0.3) is 0 Å². The second-order valence-corrected chi connectivity index (χ2v) is 5.44. The molecule has 0 aromatic heterocycles. The first-order valence-corrected chi connectivity index (χ1v) is 7.52. The van der Waals surface area contributed by atoms with Crippen LogP contribution in [0.5, 0.6) is 0 Å². The van der Waals surface area contributed by atoms with E-state index in [1.807, 2.05) is 19.9 Å². The maximum atomic E-state index is 2.20. The minimum absolute atomic E-state index is 0.996. The molecule has 2 rings (SSSR count). The van der Waals surface area contributed by atoms with Crippen LogP contribution in [0.3, 0.4) is 0 Å². The molecule has 0 bridgehead atoms. The number of hydrogen-bond donors (Lipinski definition) is 0. The van der Waals surface area contributed by atoms with Crippen molar-refractivity contribution in [1.82, 2.24) is 4.90 Å². The molecule has 0 radical (unpaired) electrons. The molecule has 0 saturated heterocycles. The molecule has 0 spiro atoms. The lowest BCUT2D eigenvalue weighted by atomic mass is 10.2. The SMILES string of the molecule is CC.CN(C)Cc1ccc(Sc2ccccc2)cc1. The normalized spacial score (nSPS) is 9.95. The Morgan fingerprint density at radius 2 is 1.32 bits per heavy atom. The van der Waals surface area contributed by atoms with Gasteiger partial charge in [-0.25, -0.2) is 0 Å². The van der Waals surface area contributed by atoms with E-state index in [-0.39, 0.29) is 0 Å². The highest BCUT2D eigenvalue weighted by Crippen LogP contribution is 2.27. The van der Waals surface area contributed by atoms with Gasteiger partial charge in [-0.2, -0.15) is 0 Å². The largest absolute Gasteiger partial charge is 0.305 e. The fourth-order valence-electron chi connectivity index (χ4n) is 1.65. The van der Waals surface area contributed by atoms with E-state index >= 15 is 0 Å². The van der Waals surface area contributed by atoms with Crippen LogP contribution < -0.4 is 0 Å². The molecule has 0 aliphatic rings. The quantitative estimate of drug-likeness (QED) is 0.777. The molecule has 0 aliphatic carbocycles. The van der Waals surface area contributed by atoms with Crippen LogP contribution in [0.4, 0.5) is 0 Å². The molecule has 0 unspecified atom stereocenters. The third-order valence-corrected chi connectivity index (χ3v) is 3.42. The van der Waals surface area contributed by atoms with Gasteiger partial charge in [-0.3, -0.25) is 0 Å². The van der Waals surface area contributed by atoms with Gasteiger partial charge in [0.1, 0.15) is 0 Å². The minimum Gasteiger partial charge on any atom is -0.305 e. The van der Waals surface area contributed by atoms with Gasteiger partial charge < -0.3 is 4.90 Å².